The van der Waals surface area contributed by atoms with Crippen molar-refractivity contribution >= 4 is 15.8 Å². The molecule has 96 valence electrons. The second kappa shape index (κ2) is 6.85. The molecule has 0 aromatic heterocycles. The lowest BCUT2D eigenvalue weighted by atomic mass is 10.2. The summed E-state index contributed by atoms with van der Waals surface area (Å²) < 4.78 is 23.8. The first-order valence-electron chi connectivity index (χ1n) is 5.55. The topological polar surface area (TPSA) is 97.5 Å². The molecule has 6 heteroatoms. The van der Waals surface area contributed by atoms with Crippen molar-refractivity contribution in [3.05, 3.63) is 0 Å². The standard InChI is InChI=1S/C10H21NO4S/c1-3-5-8(6-4-2)16(14,15)7-9(11)10(12)13/h8-9H,3-7,11H2,1-2H3,(H,12,13)/t9-/m0/s1. The smallest absolute Gasteiger partial charge is 0.321 e. The lowest BCUT2D eigenvalue weighted by molar-refractivity contribution is -0.137. The Labute approximate surface area is 96.9 Å². The van der Waals surface area contributed by atoms with E-state index in [1.165, 1.54) is 0 Å². The van der Waals surface area contributed by atoms with Crippen molar-refractivity contribution in [2.45, 2.75) is 50.8 Å². The zero-order valence-corrected chi connectivity index (χ0v) is 10.7. The van der Waals surface area contributed by atoms with E-state index in [1.54, 1.807) is 0 Å². The zero-order valence-electron chi connectivity index (χ0n) is 9.85. The van der Waals surface area contributed by atoms with Crippen LogP contribution < -0.4 is 5.73 Å². The van der Waals surface area contributed by atoms with Gasteiger partial charge in [0.25, 0.3) is 0 Å². The van der Waals surface area contributed by atoms with Crippen LogP contribution in [0.4, 0.5) is 0 Å². The summed E-state index contributed by atoms with van der Waals surface area (Å²) in [6, 6.07) is -1.32. The molecule has 1 atom stereocenters. The molecule has 0 aromatic carbocycles. The number of carboxylic acid groups (broad SMARTS) is 1. The van der Waals surface area contributed by atoms with Gasteiger partial charge in [-0.05, 0) is 12.8 Å². The van der Waals surface area contributed by atoms with Crippen LogP contribution in [-0.4, -0.2) is 36.5 Å². The molecule has 0 bridgehead atoms. The number of hydrogen-bond donors (Lipinski definition) is 2. The summed E-state index contributed by atoms with van der Waals surface area (Å²) in [5.74, 6) is -1.73. The van der Waals surface area contributed by atoms with Crippen LogP contribution in [0, 0.1) is 0 Å². The van der Waals surface area contributed by atoms with Crippen LogP contribution in [-0.2, 0) is 14.6 Å². The second-order valence-corrected chi connectivity index (χ2v) is 6.30. The maximum absolute atomic E-state index is 11.9. The van der Waals surface area contributed by atoms with Gasteiger partial charge < -0.3 is 10.8 Å². The molecule has 0 aromatic rings. The molecular weight excluding hydrogens is 230 g/mol. The highest BCUT2D eigenvalue weighted by Gasteiger charge is 2.28. The Hall–Kier alpha value is -0.620. The molecule has 0 fully saturated rings. The van der Waals surface area contributed by atoms with E-state index in [0.29, 0.717) is 12.8 Å². The number of nitrogens with two attached hydrogens (primary N) is 1. The van der Waals surface area contributed by atoms with Gasteiger partial charge in [0.05, 0.1) is 11.0 Å². The van der Waals surface area contributed by atoms with E-state index in [1.807, 2.05) is 13.8 Å². The molecule has 0 saturated heterocycles. The third kappa shape index (κ3) is 4.94. The molecule has 0 rings (SSSR count). The van der Waals surface area contributed by atoms with Gasteiger partial charge >= 0.3 is 5.97 Å². The van der Waals surface area contributed by atoms with E-state index < -0.39 is 32.9 Å². The minimum atomic E-state index is -3.40. The average molecular weight is 251 g/mol. The fourth-order valence-corrected chi connectivity index (χ4v) is 3.71. The van der Waals surface area contributed by atoms with Crippen LogP contribution in [0.1, 0.15) is 39.5 Å². The van der Waals surface area contributed by atoms with E-state index in [2.05, 4.69) is 0 Å². The van der Waals surface area contributed by atoms with E-state index in [-0.39, 0.29) is 0 Å². The first-order valence-corrected chi connectivity index (χ1v) is 7.26. The molecule has 0 radical (unpaired) electrons. The number of carbonyl (C=O) groups is 1. The molecule has 0 spiro atoms. The van der Waals surface area contributed by atoms with Crippen molar-refractivity contribution in [2.75, 3.05) is 5.75 Å². The molecule has 0 heterocycles. The van der Waals surface area contributed by atoms with Gasteiger partial charge in [-0.1, -0.05) is 26.7 Å². The Morgan fingerprint density at radius 3 is 2.00 bits per heavy atom. The summed E-state index contributed by atoms with van der Waals surface area (Å²) >= 11 is 0. The van der Waals surface area contributed by atoms with Crippen molar-refractivity contribution in [2.24, 2.45) is 5.73 Å². The molecular formula is C10H21NO4S. The molecule has 3 N–H and O–H groups in total. The van der Waals surface area contributed by atoms with Gasteiger partial charge in [0.1, 0.15) is 6.04 Å². The maximum atomic E-state index is 11.9. The number of aliphatic carboxylic acids is 1. The minimum absolute atomic E-state index is 0.451. The Balaban J connectivity index is 4.65. The normalized spacial score (nSPS) is 14.0. The van der Waals surface area contributed by atoms with Crippen molar-refractivity contribution in [3.8, 4) is 0 Å². The maximum Gasteiger partial charge on any atom is 0.321 e. The average Bonchev–Trinajstić information content (AvgIpc) is 2.16. The molecule has 5 nitrogen and oxygen atoms in total. The molecule has 0 amide bonds. The predicted octanol–water partition coefficient (Wildman–Crippen LogP) is 0.782. The van der Waals surface area contributed by atoms with Crippen LogP contribution in [0.15, 0.2) is 0 Å². The quantitative estimate of drug-likeness (QED) is 0.664. The second-order valence-electron chi connectivity index (χ2n) is 3.97. The van der Waals surface area contributed by atoms with Crippen LogP contribution in [0.5, 0.6) is 0 Å². The van der Waals surface area contributed by atoms with Gasteiger partial charge in [-0.25, -0.2) is 8.42 Å². The highest BCUT2D eigenvalue weighted by Crippen LogP contribution is 2.16. The first kappa shape index (κ1) is 15.4. The Morgan fingerprint density at radius 1 is 1.25 bits per heavy atom. The monoisotopic (exact) mass is 251 g/mol. The lowest BCUT2D eigenvalue weighted by Gasteiger charge is -2.17. The van der Waals surface area contributed by atoms with E-state index in [9.17, 15) is 13.2 Å². The Bertz CT molecular complexity index is 307. The molecule has 0 aliphatic heterocycles. The SMILES string of the molecule is CCCC(CCC)S(=O)(=O)C[C@H](N)C(=O)O. The fourth-order valence-electron chi connectivity index (χ4n) is 1.61. The minimum Gasteiger partial charge on any atom is -0.480 e. The Kier molecular flexibility index (Phi) is 6.59. The summed E-state index contributed by atoms with van der Waals surface area (Å²) in [4.78, 5) is 10.5. The fraction of sp³-hybridized carbons (Fsp3) is 0.900. The van der Waals surface area contributed by atoms with Gasteiger partial charge in [-0.3, -0.25) is 4.79 Å². The van der Waals surface area contributed by atoms with Gasteiger partial charge in [-0.2, -0.15) is 0 Å². The van der Waals surface area contributed by atoms with Gasteiger partial charge in [0, 0.05) is 0 Å². The highest BCUT2D eigenvalue weighted by molar-refractivity contribution is 7.92. The van der Waals surface area contributed by atoms with Gasteiger partial charge in [0.15, 0.2) is 9.84 Å². The first-order chi connectivity index (χ1) is 7.35. The number of rotatable bonds is 8. The number of carboxylic acids is 1. The number of sulfone groups is 1. The van der Waals surface area contributed by atoms with Gasteiger partial charge in [-0.15, -0.1) is 0 Å². The summed E-state index contributed by atoms with van der Waals surface area (Å²) in [5, 5.41) is 8.15. The largest absolute Gasteiger partial charge is 0.480 e. The Morgan fingerprint density at radius 2 is 1.69 bits per heavy atom. The zero-order chi connectivity index (χ0) is 12.8. The van der Waals surface area contributed by atoms with Crippen molar-refractivity contribution < 1.29 is 18.3 Å². The van der Waals surface area contributed by atoms with Crippen LogP contribution in [0.2, 0.25) is 0 Å². The van der Waals surface area contributed by atoms with Crippen molar-refractivity contribution in [1.29, 1.82) is 0 Å². The highest BCUT2D eigenvalue weighted by atomic mass is 32.2. The van der Waals surface area contributed by atoms with E-state index in [0.717, 1.165) is 12.8 Å². The molecule has 0 aliphatic rings. The summed E-state index contributed by atoms with van der Waals surface area (Å²) in [6.07, 6.45) is 2.68. The van der Waals surface area contributed by atoms with Crippen LogP contribution >= 0.6 is 0 Å². The summed E-state index contributed by atoms with van der Waals surface area (Å²) in [6.45, 7) is 3.82. The summed E-state index contributed by atoms with van der Waals surface area (Å²) in [5.41, 5.74) is 5.25. The van der Waals surface area contributed by atoms with Crippen LogP contribution in [0.3, 0.4) is 0 Å². The molecule has 0 saturated carbocycles. The van der Waals surface area contributed by atoms with Crippen molar-refractivity contribution in [3.63, 3.8) is 0 Å². The molecule has 0 aliphatic carbocycles. The molecule has 0 unspecified atom stereocenters. The van der Waals surface area contributed by atoms with E-state index >= 15 is 0 Å². The predicted molar refractivity (Wildman–Crippen MR) is 63.0 cm³/mol. The third-order valence-electron chi connectivity index (χ3n) is 2.46. The van der Waals surface area contributed by atoms with Crippen LogP contribution in [0.25, 0.3) is 0 Å². The van der Waals surface area contributed by atoms with E-state index in [4.69, 9.17) is 10.8 Å². The number of hydrogen-bond acceptors (Lipinski definition) is 4. The lowest BCUT2D eigenvalue weighted by Crippen LogP contribution is -2.40. The summed E-state index contributed by atoms with van der Waals surface area (Å²) in [7, 11) is -3.40. The molecule has 16 heavy (non-hydrogen) atoms. The third-order valence-corrected chi connectivity index (χ3v) is 4.77. The van der Waals surface area contributed by atoms with Gasteiger partial charge in [0.2, 0.25) is 0 Å². The van der Waals surface area contributed by atoms with Crippen molar-refractivity contribution in [1.82, 2.24) is 0 Å².